The molecule has 0 saturated carbocycles. The van der Waals surface area contributed by atoms with Crippen LogP contribution in [0.15, 0.2) is 36.5 Å². The summed E-state index contributed by atoms with van der Waals surface area (Å²) in [4.78, 5) is 35.3. The smallest absolute Gasteiger partial charge is 0.462 e. The van der Waals surface area contributed by atoms with Gasteiger partial charge in [0, 0.05) is 12.8 Å². The molecule has 1 unspecified atom stereocenters. The molecule has 0 aromatic carbocycles. The second kappa shape index (κ2) is 36.8. The highest BCUT2D eigenvalue weighted by molar-refractivity contribution is 7.47. The van der Waals surface area contributed by atoms with Crippen LogP contribution < -0.4 is 0 Å². The molecular formula is C44H83NO8P+. The number of carbonyl (C=O) groups excluding carboxylic acids is 2. The molecule has 0 fully saturated rings. The molecule has 2 atom stereocenters. The van der Waals surface area contributed by atoms with E-state index in [0.717, 1.165) is 70.6 Å². The molecule has 0 radical (unpaired) electrons. The molecule has 0 aliphatic heterocycles. The summed E-state index contributed by atoms with van der Waals surface area (Å²) < 4.78 is 34.2. The molecule has 54 heavy (non-hydrogen) atoms. The zero-order valence-corrected chi connectivity index (χ0v) is 36.3. The van der Waals surface area contributed by atoms with Crippen LogP contribution in [0.25, 0.3) is 0 Å². The normalized spacial score (nSPS) is 14.0. The lowest BCUT2D eigenvalue weighted by Crippen LogP contribution is -2.37. The monoisotopic (exact) mass is 785 g/mol. The summed E-state index contributed by atoms with van der Waals surface area (Å²) in [7, 11) is 1.46. The topological polar surface area (TPSA) is 108 Å². The Kier molecular flexibility index (Phi) is 35.6. The van der Waals surface area contributed by atoms with E-state index in [1.54, 1.807) is 0 Å². The molecule has 0 aromatic rings. The minimum absolute atomic E-state index is 0.0264. The number of rotatable bonds is 39. The highest BCUT2D eigenvalue weighted by Gasteiger charge is 2.27. The van der Waals surface area contributed by atoms with Crippen LogP contribution in [-0.2, 0) is 32.7 Å². The van der Waals surface area contributed by atoms with E-state index in [2.05, 4.69) is 50.3 Å². The van der Waals surface area contributed by atoms with Gasteiger partial charge in [-0.05, 0) is 70.6 Å². The van der Waals surface area contributed by atoms with Gasteiger partial charge in [-0.3, -0.25) is 18.6 Å². The number of quaternary nitrogens is 1. The van der Waals surface area contributed by atoms with Gasteiger partial charge in [0.2, 0.25) is 0 Å². The molecule has 316 valence electrons. The molecule has 9 nitrogen and oxygen atoms in total. The van der Waals surface area contributed by atoms with Crippen LogP contribution in [0.1, 0.15) is 181 Å². The molecule has 0 aliphatic carbocycles. The number of likely N-dealkylation sites (N-methyl/N-ethyl adjacent to an activating group) is 1. The average molecular weight is 785 g/mol. The molecular weight excluding hydrogens is 701 g/mol. The van der Waals surface area contributed by atoms with E-state index < -0.39 is 26.5 Å². The Morgan fingerprint density at radius 2 is 1.00 bits per heavy atom. The zero-order chi connectivity index (χ0) is 40.0. The van der Waals surface area contributed by atoms with Gasteiger partial charge in [-0.15, -0.1) is 0 Å². The molecule has 0 spiro atoms. The number of hydrogen-bond donors (Lipinski definition) is 1. The molecule has 0 heterocycles. The van der Waals surface area contributed by atoms with Gasteiger partial charge in [-0.2, -0.15) is 0 Å². The van der Waals surface area contributed by atoms with Crippen molar-refractivity contribution in [3.8, 4) is 0 Å². The van der Waals surface area contributed by atoms with E-state index in [1.165, 1.54) is 77.0 Å². The fraction of sp³-hybridized carbons (Fsp3) is 0.818. The highest BCUT2D eigenvalue weighted by Crippen LogP contribution is 2.43. The second-order valence-electron chi connectivity index (χ2n) is 15.7. The van der Waals surface area contributed by atoms with E-state index in [-0.39, 0.29) is 32.0 Å². The summed E-state index contributed by atoms with van der Waals surface area (Å²) in [5.41, 5.74) is 0. The van der Waals surface area contributed by atoms with Gasteiger partial charge >= 0.3 is 19.8 Å². The van der Waals surface area contributed by atoms with E-state index in [1.807, 2.05) is 21.1 Å². The Labute approximate surface area is 331 Å². The van der Waals surface area contributed by atoms with Crippen molar-refractivity contribution < 1.29 is 42.1 Å². The van der Waals surface area contributed by atoms with Gasteiger partial charge in [0.05, 0.1) is 27.7 Å². The lowest BCUT2D eigenvalue weighted by Gasteiger charge is -2.24. The van der Waals surface area contributed by atoms with Gasteiger partial charge in [0.15, 0.2) is 6.10 Å². The highest BCUT2D eigenvalue weighted by atomic mass is 31.2. The van der Waals surface area contributed by atoms with E-state index in [4.69, 9.17) is 18.5 Å². The first-order valence-corrected chi connectivity index (χ1v) is 23.2. The number of ether oxygens (including phenoxy) is 2. The van der Waals surface area contributed by atoms with Crippen LogP contribution in [-0.4, -0.2) is 74.9 Å². The maximum Gasteiger partial charge on any atom is 0.472 e. The van der Waals surface area contributed by atoms with E-state index in [0.29, 0.717) is 17.4 Å². The lowest BCUT2D eigenvalue weighted by molar-refractivity contribution is -0.870. The first kappa shape index (κ1) is 52.2. The molecule has 0 aliphatic rings. The number of esters is 2. The number of phosphoric acid groups is 1. The van der Waals surface area contributed by atoms with Gasteiger partial charge in [-0.25, -0.2) is 4.57 Å². The maximum absolute atomic E-state index is 12.7. The number of nitrogens with zero attached hydrogens (tertiary/aromatic N) is 1. The van der Waals surface area contributed by atoms with Gasteiger partial charge in [0.25, 0.3) is 0 Å². The Morgan fingerprint density at radius 1 is 0.574 bits per heavy atom. The van der Waals surface area contributed by atoms with Gasteiger partial charge in [0.1, 0.15) is 19.8 Å². The average Bonchev–Trinajstić information content (AvgIpc) is 3.12. The molecule has 0 bridgehead atoms. The van der Waals surface area contributed by atoms with Gasteiger partial charge < -0.3 is 18.9 Å². The Bertz CT molecular complexity index is 1020. The van der Waals surface area contributed by atoms with Crippen molar-refractivity contribution in [2.75, 3.05) is 47.5 Å². The first-order chi connectivity index (χ1) is 26.0. The fourth-order valence-electron chi connectivity index (χ4n) is 5.68. The summed E-state index contributed by atoms with van der Waals surface area (Å²) in [6, 6.07) is 0. The summed E-state index contributed by atoms with van der Waals surface area (Å²) in [5.74, 6) is -0.833. The standard InChI is InChI=1S/C44H82NO8P/c1-6-8-10-12-14-16-18-20-22-24-26-28-30-32-34-36-43(46)50-40-42(41-52-54(48,49)51-39-38-45(3,4)5)53-44(47)37-35-33-31-29-27-25-23-21-19-17-15-13-11-9-7-2/h14,16,20,22,25,27,42H,6-13,15,17-19,21,23-24,26,28-41H2,1-5H3/p+1/b16-14+,22-20+,27-25+/t42-/m1/s1. The van der Waals surface area contributed by atoms with Crippen LogP contribution in [0.2, 0.25) is 0 Å². The van der Waals surface area contributed by atoms with Crippen molar-refractivity contribution in [3.63, 3.8) is 0 Å². The molecule has 0 rings (SSSR count). The van der Waals surface area contributed by atoms with Crippen LogP contribution in [0, 0.1) is 0 Å². The van der Waals surface area contributed by atoms with Crippen molar-refractivity contribution in [1.82, 2.24) is 0 Å². The summed E-state index contributed by atoms with van der Waals surface area (Å²) in [6.07, 6.45) is 40.4. The number of hydrogen-bond acceptors (Lipinski definition) is 7. The SMILES string of the molecule is CCCCC/C=C/C/C=C/CCCCCCCC(=O)OC[C@H](COP(=O)(O)OCC[N+](C)(C)C)OC(=O)CCCCC/C=C/CCCCCCCCCC. The minimum Gasteiger partial charge on any atom is -0.462 e. The van der Waals surface area contributed by atoms with Crippen LogP contribution in [0.5, 0.6) is 0 Å². The van der Waals surface area contributed by atoms with Crippen molar-refractivity contribution in [1.29, 1.82) is 0 Å². The molecule has 1 N–H and O–H groups in total. The van der Waals surface area contributed by atoms with Crippen LogP contribution >= 0.6 is 7.82 Å². The maximum atomic E-state index is 12.7. The lowest BCUT2D eigenvalue weighted by atomic mass is 10.1. The fourth-order valence-corrected chi connectivity index (χ4v) is 6.43. The summed E-state index contributed by atoms with van der Waals surface area (Å²) in [5, 5.41) is 0. The number of allylic oxidation sites excluding steroid dienone is 6. The summed E-state index contributed by atoms with van der Waals surface area (Å²) in [6.45, 7) is 4.36. The van der Waals surface area contributed by atoms with E-state index >= 15 is 0 Å². The van der Waals surface area contributed by atoms with Gasteiger partial charge in [-0.1, -0.05) is 134 Å². The second-order valence-corrected chi connectivity index (χ2v) is 17.2. The quantitative estimate of drug-likeness (QED) is 0.0216. The third kappa shape index (κ3) is 39.9. The Hall–Kier alpha value is -1.77. The Balaban J connectivity index is 4.42. The number of carbonyl (C=O) groups is 2. The van der Waals surface area contributed by atoms with E-state index in [9.17, 15) is 19.0 Å². The van der Waals surface area contributed by atoms with Crippen molar-refractivity contribution in [2.45, 2.75) is 187 Å². The first-order valence-electron chi connectivity index (χ1n) is 21.7. The molecule has 0 amide bonds. The zero-order valence-electron chi connectivity index (χ0n) is 35.5. The molecule has 0 aromatic heterocycles. The number of unbranched alkanes of at least 4 members (excludes halogenated alkanes) is 19. The Morgan fingerprint density at radius 3 is 1.54 bits per heavy atom. The number of phosphoric ester groups is 1. The minimum atomic E-state index is -4.38. The van der Waals surface area contributed by atoms with Crippen molar-refractivity contribution >= 4 is 19.8 Å². The molecule has 10 heteroatoms. The van der Waals surface area contributed by atoms with Crippen LogP contribution in [0.4, 0.5) is 0 Å². The third-order valence-corrected chi connectivity index (χ3v) is 10.1. The predicted octanol–water partition coefficient (Wildman–Crippen LogP) is 12.1. The molecule has 0 saturated heterocycles. The summed E-state index contributed by atoms with van der Waals surface area (Å²) >= 11 is 0. The predicted molar refractivity (Wildman–Crippen MR) is 224 cm³/mol. The van der Waals surface area contributed by atoms with Crippen molar-refractivity contribution in [3.05, 3.63) is 36.5 Å². The van der Waals surface area contributed by atoms with Crippen LogP contribution in [0.3, 0.4) is 0 Å². The van der Waals surface area contributed by atoms with Crippen molar-refractivity contribution in [2.24, 2.45) is 0 Å². The third-order valence-electron chi connectivity index (χ3n) is 9.14. The largest absolute Gasteiger partial charge is 0.472 e.